The third kappa shape index (κ3) is 2.31. The maximum Gasteiger partial charge on any atom is 0.310 e. The van der Waals surface area contributed by atoms with Gasteiger partial charge in [0.15, 0.2) is 0 Å². The second-order valence-electron chi connectivity index (χ2n) is 3.31. The van der Waals surface area contributed by atoms with E-state index in [1.165, 1.54) is 14.2 Å². The Morgan fingerprint density at radius 2 is 2.12 bits per heavy atom. The van der Waals surface area contributed by atoms with Crippen LogP contribution in [0.4, 0.5) is 0 Å². The molecule has 1 aromatic carbocycles. The van der Waals surface area contributed by atoms with Crippen molar-refractivity contribution in [1.82, 2.24) is 0 Å². The summed E-state index contributed by atoms with van der Waals surface area (Å²) in [6.07, 6.45) is 0.112. The zero-order valence-corrected chi connectivity index (χ0v) is 9.53. The summed E-state index contributed by atoms with van der Waals surface area (Å²) in [5.41, 5.74) is 2.03. The largest absolute Gasteiger partial charge is 0.495 e. The fourth-order valence-corrected chi connectivity index (χ4v) is 1.48. The van der Waals surface area contributed by atoms with Gasteiger partial charge < -0.3 is 9.47 Å². The standard InChI is InChI=1S/C12H13NO3/c1-8-4-5-9(7-13)12(16-3)10(8)6-11(14)15-2/h4-5H,6H2,1-3H3. The van der Waals surface area contributed by atoms with Crippen molar-refractivity contribution < 1.29 is 14.3 Å². The highest BCUT2D eigenvalue weighted by Gasteiger charge is 2.15. The van der Waals surface area contributed by atoms with Crippen LogP contribution in [0.5, 0.6) is 5.75 Å². The molecule has 84 valence electrons. The molecule has 0 saturated heterocycles. The van der Waals surface area contributed by atoms with Gasteiger partial charge in [0.2, 0.25) is 0 Å². The van der Waals surface area contributed by atoms with Crippen LogP contribution < -0.4 is 4.74 Å². The highest BCUT2D eigenvalue weighted by molar-refractivity contribution is 5.74. The number of methoxy groups -OCH3 is 2. The summed E-state index contributed by atoms with van der Waals surface area (Å²) in [6.45, 7) is 1.86. The molecule has 0 radical (unpaired) electrons. The minimum Gasteiger partial charge on any atom is -0.495 e. The molecule has 0 aromatic heterocycles. The minimum atomic E-state index is -0.350. The van der Waals surface area contributed by atoms with Crippen LogP contribution in [-0.2, 0) is 16.0 Å². The molecule has 0 N–H and O–H groups in total. The molecule has 16 heavy (non-hydrogen) atoms. The SMILES string of the molecule is COC(=O)Cc1c(C)ccc(C#N)c1OC. The Hall–Kier alpha value is -2.02. The smallest absolute Gasteiger partial charge is 0.310 e. The lowest BCUT2D eigenvalue weighted by molar-refractivity contribution is -0.139. The lowest BCUT2D eigenvalue weighted by atomic mass is 10.0. The van der Waals surface area contributed by atoms with Crippen LogP contribution in [0.15, 0.2) is 12.1 Å². The van der Waals surface area contributed by atoms with Crippen LogP contribution in [0.3, 0.4) is 0 Å². The van der Waals surface area contributed by atoms with Gasteiger partial charge in [0.1, 0.15) is 11.8 Å². The number of esters is 1. The first-order valence-electron chi connectivity index (χ1n) is 4.77. The molecular weight excluding hydrogens is 206 g/mol. The Labute approximate surface area is 94.4 Å². The molecule has 0 fully saturated rings. The van der Waals surface area contributed by atoms with Gasteiger partial charge in [-0.1, -0.05) is 6.07 Å². The second kappa shape index (κ2) is 5.17. The normalized spacial score (nSPS) is 9.38. The van der Waals surface area contributed by atoms with E-state index in [4.69, 9.17) is 10.00 Å². The molecule has 0 saturated carbocycles. The number of benzene rings is 1. The van der Waals surface area contributed by atoms with Crippen molar-refractivity contribution in [3.8, 4) is 11.8 Å². The third-order valence-electron chi connectivity index (χ3n) is 2.37. The van der Waals surface area contributed by atoms with Gasteiger partial charge in [-0.05, 0) is 18.6 Å². The molecule has 4 heteroatoms. The fraction of sp³-hybridized carbons (Fsp3) is 0.333. The fourth-order valence-electron chi connectivity index (χ4n) is 1.48. The molecule has 0 heterocycles. The Morgan fingerprint density at radius 1 is 1.44 bits per heavy atom. The van der Waals surface area contributed by atoms with Crippen molar-refractivity contribution in [1.29, 1.82) is 5.26 Å². The number of ether oxygens (including phenoxy) is 2. The van der Waals surface area contributed by atoms with Gasteiger partial charge in [0, 0.05) is 5.56 Å². The van der Waals surface area contributed by atoms with Gasteiger partial charge in [0.25, 0.3) is 0 Å². The highest BCUT2D eigenvalue weighted by atomic mass is 16.5. The number of nitriles is 1. The quantitative estimate of drug-likeness (QED) is 0.724. The minimum absolute atomic E-state index is 0.112. The van der Waals surface area contributed by atoms with E-state index in [9.17, 15) is 4.79 Å². The first kappa shape index (κ1) is 12.1. The van der Waals surface area contributed by atoms with E-state index in [0.717, 1.165) is 5.56 Å². The maximum atomic E-state index is 11.2. The zero-order valence-electron chi connectivity index (χ0n) is 9.53. The second-order valence-corrected chi connectivity index (χ2v) is 3.31. The number of carbonyl (C=O) groups is 1. The molecule has 0 atom stereocenters. The van der Waals surface area contributed by atoms with Crippen LogP contribution in [0, 0.1) is 18.3 Å². The molecule has 0 unspecified atom stereocenters. The zero-order chi connectivity index (χ0) is 12.1. The number of carbonyl (C=O) groups excluding carboxylic acids is 1. The molecule has 0 aliphatic carbocycles. The van der Waals surface area contributed by atoms with E-state index in [1.807, 2.05) is 13.0 Å². The van der Waals surface area contributed by atoms with Crippen molar-refractivity contribution in [3.63, 3.8) is 0 Å². The predicted octanol–water partition coefficient (Wildman–Crippen LogP) is 1.59. The molecule has 4 nitrogen and oxygen atoms in total. The van der Waals surface area contributed by atoms with Crippen molar-refractivity contribution in [2.24, 2.45) is 0 Å². The number of nitrogens with zero attached hydrogens (tertiary/aromatic N) is 1. The monoisotopic (exact) mass is 219 g/mol. The third-order valence-corrected chi connectivity index (χ3v) is 2.37. The summed E-state index contributed by atoms with van der Waals surface area (Å²) in [6, 6.07) is 5.49. The van der Waals surface area contributed by atoms with Crippen LogP contribution in [-0.4, -0.2) is 20.2 Å². The van der Waals surface area contributed by atoms with E-state index in [1.54, 1.807) is 12.1 Å². The van der Waals surface area contributed by atoms with E-state index < -0.39 is 0 Å². The Bertz CT molecular complexity index is 446. The predicted molar refractivity (Wildman–Crippen MR) is 58.2 cm³/mol. The summed E-state index contributed by atoms with van der Waals surface area (Å²) in [4.78, 5) is 11.2. The molecule has 0 bridgehead atoms. The summed E-state index contributed by atoms with van der Waals surface area (Å²) < 4.78 is 9.77. The van der Waals surface area contributed by atoms with Crippen LogP contribution in [0.25, 0.3) is 0 Å². The van der Waals surface area contributed by atoms with Gasteiger partial charge in [-0.2, -0.15) is 5.26 Å². The Balaban J connectivity index is 3.24. The summed E-state index contributed by atoms with van der Waals surface area (Å²) in [7, 11) is 2.81. The number of rotatable bonds is 3. The first-order valence-corrected chi connectivity index (χ1v) is 4.77. The van der Waals surface area contributed by atoms with Crippen LogP contribution in [0.2, 0.25) is 0 Å². The van der Waals surface area contributed by atoms with Gasteiger partial charge in [-0.15, -0.1) is 0 Å². The maximum absolute atomic E-state index is 11.2. The average molecular weight is 219 g/mol. The van der Waals surface area contributed by atoms with Gasteiger partial charge >= 0.3 is 5.97 Å². The molecular formula is C12H13NO3. The van der Waals surface area contributed by atoms with E-state index in [0.29, 0.717) is 16.9 Å². The van der Waals surface area contributed by atoms with Crippen molar-refractivity contribution in [2.75, 3.05) is 14.2 Å². The number of hydrogen-bond donors (Lipinski definition) is 0. The Kier molecular flexibility index (Phi) is 3.90. The van der Waals surface area contributed by atoms with Crippen molar-refractivity contribution in [2.45, 2.75) is 13.3 Å². The topological polar surface area (TPSA) is 59.3 Å². The molecule has 0 amide bonds. The first-order chi connectivity index (χ1) is 7.63. The molecule has 1 aromatic rings. The highest BCUT2D eigenvalue weighted by Crippen LogP contribution is 2.27. The lowest BCUT2D eigenvalue weighted by Gasteiger charge is -2.11. The lowest BCUT2D eigenvalue weighted by Crippen LogP contribution is -2.08. The van der Waals surface area contributed by atoms with Gasteiger partial charge in [-0.3, -0.25) is 4.79 Å². The summed E-state index contributed by atoms with van der Waals surface area (Å²) >= 11 is 0. The molecule has 0 spiro atoms. The molecule has 1 rings (SSSR count). The van der Waals surface area contributed by atoms with Crippen molar-refractivity contribution >= 4 is 5.97 Å². The molecule has 0 aliphatic heterocycles. The van der Waals surface area contributed by atoms with E-state index in [-0.39, 0.29) is 12.4 Å². The average Bonchev–Trinajstić information content (AvgIpc) is 2.31. The van der Waals surface area contributed by atoms with E-state index in [2.05, 4.69) is 4.74 Å². The van der Waals surface area contributed by atoms with Crippen LogP contribution >= 0.6 is 0 Å². The van der Waals surface area contributed by atoms with Crippen molar-refractivity contribution in [3.05, 3.63) is 28.8 Å². The molecule has 0 aliphatic rings. The summed E-state index contributed by atoms with van der Waals surface area (Å²) in [5.74, 6) is 0.101. The van der Waals surface area contributed by atoms with Gasteiger partial charge in [0.05, 0.1) is 26.2 Å². The van der Waals surface area contributed by atoms with Crippen LogP contribution in [0.1, 0.15) is 16.7 Å². The number of aryl methyl sites for hydroxylation is 1. The number of hydrogen-bond acceptors (Lipinski definition) is 4. The van der Waals surface area contributed by atoms with E-state index >= 15 is 0 Å². The summed E-state index contributed by atoms with van der Waals surface area (Å²) in [5, 5.41) is 8.91. The van der Waals surface area contributed by atoms with Gasteiger partial charge in [-0.25, -0.2) is 0 Å². The Morgan fingerprint density at radius 3 is 2.62 bits per heavy atom.